The third-order valence-corrected chi connectivity index (χ3v) is 6.56. The fourth-order valence-corrected chi connectivity index (χ4v) is 4.94. The van der Waals surface area contributed by atoms with Crippen LogP contribution in [0.4, 0.5) is 13.2 Å². The van der Waals surface area contributed by atoms with Crippen molar-refractivity contribution in [2.75, 3.05) is 0 Å². The second-order valence-electron chi connectivity index (χ2n) is 6.73. The maximum absolute atomic E-state index is 13.3. The summed E-state index contributed by atoms with van der Waals surface area (Å²) in [5, 5.41) is 9.91. The van der Waals surface area contributed by atoms with Crippen LogP contribution in [0.5, 0.6) is 0 Å². The van der Waals surface area contributed by atoms with Crippen LogP contribution in [0.3, 0.4) is 0 Å². The smallest absolute Gasteiger partial charge is 0.417 e. The van der Waals surface area contributed by atoms with Crippen LogP contribution in [0.1, 0.15) is 16.1 Å². The van der Waals surface area contributed by atoms with Crippen LogP contribution >= 0.6 is 0 Å². The van der Waals surface area contributed by atoms with Crippen molar-refractivity contribution < 1.29 is 31.5 Å². The number of halogens is 3. The summed E-state index contributed by atoms with van der Waals surface area (Å²) in [6.45, 7) is 0. The van der Waals surface area contributed by atoms with E-state index < -0.39 is 33.4 Å². The summed E-state index contributed by atoms with van der Waals surface area (Å²) < 4.78 is 67.1. The van der Waals surface area contributed by atoms with Gasteiger partial charge in [0.15, 0.2) is 0 Å². The third-order valence-electron chi connectivity index (χ3n) is 4.82. The predicted molar refractivity (Wildman–Crippen MR) is 108 cm³/mol. The lowest BCUT2D eigenvalue weighted by atomic mass is 9.99. The van der Waals surface area contributed by atoms with Gasteiger partial charge in [-0.3, -0.25) is 0 Å². The Morgan fingerprint density at radius 2 is 1.48 bits per heavy atom. The summed E-state index contributed by atoms with van der Waals surface area (Å²) in [6.07, 6.45) is -4.57. The molecular formula is C22H14F3NO4S. The SMILES string of the molecule is O=C(O)c1cc2ccccc2n1S(=O)(=O)c1ccc(-c2ccccc2C(F)(F)F)cc1. The van der Waals surface area contributed by atoms with E-state index in [0.717, 1.165) is 22.2 Å². The minimum atomic E-state index is -4.57. The van der Waals surface area contributed by atoms with Crippen LogP contribution in [-0.2, 0) is 16.2 Å². The van der Waals surface area contributed by atoms with E-state index >= 15 is 0 Å². The van der Waals surface area contributed by atoms with Crippen molar-refractivity contribution in [1.29, 1.82) is 0 Å². The zero-order valence-electron chi connectivity index (χ0n) is 15.7. The van der Waals surface area contributed by atoms with E-state index in [1.807, 2.05) is 0 Å². The maximum atomic E-state index is 13.3. The highest BCUT2D eigenvalue weighted by Gasteiger charge is 2.33. The molecule has 0 aliphatic rings. The van der Waals surface area contributed by atoms with E-state index in [1.54, 1.807) is 18.2 Å². The van der Waals surface area contributed by atoms with Crippen molar-refractivity contribution in [3.8, 4) is 11.1 Å². The van der Waals surface area contributed by atoms with Crippen LogP contribution in [0.2, 0.25) is 0 Å². The van der Waals surface area contributed by atoms with Crippen molar-refractivity contribution in [2.24, 2.45) is 0 Å². The van der Waals surface area contributed by atoms with Gasteiger partial charge in [0.1, 0.15) is 5.69 Å². The molecule has 5 nitrogen and oxygen atoms in total. The monoisotopic (exact) mass is 445 g/mol. The van der Waals surface area contributed by atoms with E-state index in [4.69, 9.17) is 0 Å². The van der Waals surface area contributed by atoms with Crippen molar-refractivity contribution in [3.63, 3.8) is 0 Å². The number of aromatic nitrogens is 1. The van der Waals surface area contributed by atoms with Crippen molar-refractivity contribution in [1.82, 2.24) is 3.97 Å². The number of alkyl halides is 3. The van der Waals surface area contributed by atoms with E-state index in [1.165, 1.54) is 42.5 Å². The molecule has 3 aromatic carbocycles. The molecule has 0 saturated heterocycles. The summed E-state index contributed by atoms with van der Waals surface area (Å²) in [5.74, 6) is -1.42. The molecule has 0 atom stereocenters. The normalized spacial score (nSPS) is 12.2. The molecule has 9 heteroatoms. The minimum absolute atomic E-state index is 0.0865. The summed E-state index contributed by atoms with van der Waals surface area (Å²) in [4.78, 5) is 11.4. The third kappa shape index (κ3) is 3.57. The number of rotatable bonds is 4. The van der Waals surface area contributed by atoms with Gasteiger partial charge < -0.3 is 5.11 Å². The largest absolute Gasteiger partial charge is 0.477 e. The molecule has 0 aliphatic heterocycles. The number of fused-ring (bicyclic) bond motifs is 1. The lowest BCUT2D eigenvalue weighted by Gasteiger charge is -2.14. The Labute approximate surface area is 175 Å². The zero-order chi connectivity index (χ0) is 22.4. The molecule has 4 rings (SSSR count). The lowest BCUT2D eigenvalue weighted by Crippen LogP contribution is -2.18. The first-order chi connectivity index (χ1) is 14.6. The molecule has 0 unspecified atom stereocenters. The van der Waals surface area contributed by atoms with Crippen LogP contribution in [0.25, 0.3) is 22.0 Å². The maximum Gasteiger partial charge on any atom is 0.417 e. The zero-order valence-corrected chi connectivity index (χ0v) is 16.5. The lowest BCUT2D eigenvalue weighted by molar-refractivity contribution is -0.137. The predicted octanol–water partition coefficient (Wildman–Crippen LogP) is 5.26. The molecule has 158 valence electrons. The van der Waals surface area contributed by atoms with Gasteiger partial charge in [-0.2, -0.15) is 13.2 Å². The number of hydrogen-bond acceptors (Lipinski definition) is 3. The molecule has 1 N–H and O–H groups in total. The Morgan fingerprint density at radius 1 is 0.871 bits per heavy atom. The summed E-state index contributed by atoms with van der Waals surface area (Å²) in [5.41, 5.74) is -0.992. The molecule has 0 radical (unpaired) electrons. The fraction of sp³-hybridized carbons (Fsp3) is 0.0455. The Bertz CT molecular complexity index is 1400. The van der Waals surface area contributed by atoms with Gasteiger partial charge in [0.2, 0.25) is 0 Å². The molecule has 0 fully saturated rings. The summed E-state index contributed by atoms with van der Waals surface area (Å²) in [7, 11) is -4.32. The second kappa shape index (κ2) is 7.28. The van der Waals surface area contributed by atoms with Gasteiger partial charge in [-0.1, -0.05) is 48.5 Å². The number of aromatic carboxylic acids is 1. The average molecular weight is 445 g/mol. The van der Waals surface area contributed by atoms with Crippen LogP contribution in [0.15, 0.2) is 83.8 Å². The Hall–Kier alpha value is -3.59. The summed E-state index contributed by atoms with van der Waals surface area (Å²) in [6, 6.07) is 17.4. The molecular weight excluding hydrogens is 431 g/mol. The quantitative estimate of drug-likeness (QED) is 0.465. The number of carboxylic acid groups (broad SMARTS) is 1. The molecule has 0 bridgehead atoms. The van der Waals surface area contributed by atoms with Gasteiger partial charge in [-0.15, -0.1) is 0 Å². The standard InChI is InChI=1S/C22H14F3NO4S/c23-22(24,25)18-7-3-2-6-17(18)14-9-11-16(12-10-14)31(29,30)26-19-8-4-1-5-15(19)13-20(26)21(27)28/h1-13H,(H,27,28). The summed E-state index contributed by atoms with van der Waals surface area (Å²) >= 11 is 0. The highest BCUT2D eigenvalue weighted by Crippen LogP contribution is 2.37. The highest BCUT2D eigenvalue weighted by atomic mass is 32.2. The number of hydrogen-bond donors (Lipinski definition) is 1. The van der Waals surface area contributed by atoms with Crippen molar-refractivity contribution >= 4 is 26.9 Å². The fourth-order valence-electron chi connectivity index (χ4n) is 3.43. The number of benzene rings is 3. The van der Waals surface area contributed by atoms with Gasteiger partial charge in [-0.05, 0) is 41.5 Å². The molecule has 1 heterocycles. The average Bonchev–Trinajstić information content (AvgIpc) is 3.14. The molecule has 0 saturated carbocycles. The molecule has 0 spiro atoms. The van der Waals surface area contributed by atoms with Gasteiger partial charge in [0.25, 0.3) is 10.0 Å². The van der Waals surface area contributed by atoms with Gasteiger partial charge in [-0.25, -0.2) is 17.2 Å². The van der Waals surface area contributed by atoms with Crippen LogP contribution < -0.4 is 0 Å². The Morgan fingerprint density at radius 3 is 2.13 bits per heavy atom. The van der Waals surface area contributed by atoms with Gasteiger partial charge in [0.05, 0.1) is 16.0 Å². The van der Waals surface area contributed by atoms with Crippen LogP contribution in [-0.4, -0.2) is 23.5 Å². The molecule has 31 heavy (non-hydrogen) atoms. The first-order valence-corrected chi connectivity index (χ1v) is 10.4. The molecule has 1 aromatic heterocycles. The molecule has 0 amide bonds. The van der Waals surface area contributed by atoms with E-state index in [9.17, 15) is 31.5 Å². The Balaban J connectivity index is 1.84. The first-order valence-electron chi connectivity index (χ1n) is 8.97. The highest BCUT2D eigenvalue weighted by molar-refractivity contribution is 7.90. The first kappa shape index (κ1) is 20.7. The second-order valence-corrected chi connectivity index (χ2v) is 8.52. The van der Waals surface area contributed by atoms with Gasteiger partial charge >= 0.3 is 12.1 Å². The van der Waals surface area contributed by atoms with Crippen molar-refractivity contribution in [2.45, 2.75) is 11.1 Å². The molecule has 0 aliphatic carbocycles. The van der Waals surface area contributed by atoms with E-state index in [-0.39, 0.29) is 21.5 Å². The number of para-hydroxylation sites is 1. The van der Waals surface area contributed by atoms with Crippen LogP contribution in [0, 0.1) is 0 Å². The number of carbonyl (C=O) groups is 1. The van der Waals surface area contributed by atoms with E-state index in [0.29, 0.717) is 5.39 Å². The topological polar surface area (TPSA) is 76.4 Å². The Kier molecular flexibility index (Phi) is 4.85. The van der Waals surface area contributed by atoms with Crippen molar-refractivity contribution in [3.05, 3.63) is 90.1 Å². The van der Waals surface area contributed by atoms with Gasteiger partial charge in [0, 0.05) is 5.39 Å². The molecule has 4 aromatic rings. The minimum Gasteiger partial charge on any atom is -0.477 e. The number of nitrogens with zero attached hydrogens (tertiary/aromatic N) is 1. The van der Waals surface area contributed by atoms with E-state index in [2.05, 4.69) is 0 Å². The number of carboxylic acids is 1.